The van der Waals surface area contributed by atoms with E-state index in [1.54, 1.807) is 18.2 Å². The van der Waals surface area contributed by atoms with E-state index in [2.05, 4.69) is 0 Å². The fourth-order valence-corrected chi connectivity index (χ4v) is 1.84. The van der Waals surface area contributed by atoms with Crippen LogP contribution in [0.3, 0.4) is 0 Å². The number of Topliss-reactive ketones (excluding diaryl/α,β-unsaturated/α-hetero) is 1. The highest BCUT2D eigenvalue weighted by Gasteiger charge is 2.21. The Balaban J connectivity index is 3.22. The van der Waals surface area contributed by atoms with Crippen LogP contribution >= 0.6 is 23.2 Å². The number of hydrogen-bond acceptors (Lipinski definition) is 2. The maximum atomic E-state index is 11.2. The first-order valence-corrected chi connectivity index (χ1v) is 4.80. The third kappa shape index (κ3) is 2.27. The molecule has 1 rings (SSSR count). The van der Waals surface area contributed by atoms with E-state index in [-0.39, 0.29) is 5.78 Å². The molecule has 14 heavy (non-hydrogen) atoms. The van der Waals surface area contributed by atoms with Crippen LogP contribution in [0, 0.1) is 0 Å². The Morgan fingerprint density at radius 1 is 1.36 bits per heavy atom. The zero-order valence-corrected chi connectivity index (χ0v) is 9.39. The van der Waals surface area contributed by atoms with Crippen molar-refractivity contribution in [2.75, 3.05) is 7.11 Å². The molecule has 4 heteroatoms. The summed E-state index contributed by atoms with van der Waals surface area (Å²) >= 11 is 11.9. The Labute approximate surface area is 92.8 Å². The van der Waals surface area contributed by atoms with Gasteiger partial charge in [0.2, 0.25) is 0 Å². The third-order valence-corrected chi connectivity index (χ3v) is 2.53. The largest absolute Gasteiger partial charge is 0.369 e. The molecule has 0 saturated heterocycles. The highest BCUT2D eigenvalue weighted by atomic mass is 35.5. The predicted octanol–water partition coefficient (Wildman–Crippen LogP) is 3.27. The highest BCUT2D eigenvalue weighted by molar-refractivity contribution is 6.36. The smallest absolute Gasteiger partial charge is 0.163 e. The molecule has 1 aromatic carbocycles. The van der Waals surface area contributed by atoms with Crippen LogP contribution in [0.25, 0.3) is 0 Å². The number of benzene rings is 1. The van der Waals surface area contributed by atoms with Crippen LogP contribution in [0.15, 0.2) is 18.2 Å². The quantitative estimate of drug-likeness (QED) is 0.800. The molecule has 0 bridgehead atoms. The third-order valence-electron chi connectivity index (χ3n) is 1.87. The van der Waals surface area contributed by atoms with Gasteiger partial charge in [0.1, 0.15) is 6.10 Å². The minimum absolute atomic E-state index is 0.123. The molecule has 0 saturated carbocycles. The molecular formula is C10H10Cl2O2. The standard InChI is InChI=1S/C10H10Cl2O2/c1-6(13)10(14-2)9-7(11)4-3-5-8(9)12/h3-5,10H,1-2H3. The first kappa shape index (κ1) is 11.5. The Morgan fingerprint density at radius 2 is 1.86 bits per heavy atom. The van der Waals surface area contributed by atoms with Crippen LogP contribution in [-0.2, 0) is 9.53 Å². The molecule has 0 heterocycles. The van der Waals surface area contributed by atoms with Gasteiger partial charge in [0, 0.05) is 22.7 Å². The molecule has 1 aromatic rings. The van der Waals surface area contributed by atoms with Crippen molar-refractivity contribution in [1.82, 2.24) is 0 Å². The summed E-state index contributed by atoms with van der Waals surface area (Å²) in [4.78, 5) is 11.2. The average Bonchev–Trinajstić information content (AvgIpc) is 2.10. The van der Waals surface area contributed by atoms with Gasteiger partial charge >= 0.3 is 0 Å². The van der Waals surface area contributed by atoms with E-state index in [0.717, 1.165) is 0 Å². The first-order chi connectivity index (χ1) is 6.57. The summed E-state index contributed by atoms with van der Waals surface area (Å²) < 4.78 is 5.04. The predicted molar refractivity (Wildman–Crippen MR) is 56.9 cm³/mol. The van der Waals surface area contributed by atoms with Crippen LogP contribution in [-0.4, -0.2) is 12.9 Å². The molecule has 1 unspecified atom stereocenters. The number of hydrogen-bond donors (Lipinski definition) is 0. The lowest BCUT2D eigenvalue weighted by Gasteiger charge is -2.15. The van der Waals surface area contributed by atoms with Crippen LogP contribution in [0.1, 0.15) is 18.6 Å². The SMILES string of the molecule is COC(C(C)=O)c1c(Cl)cccc1Cl. The summed E-state index contributed by atoms with van der Waals surface area (Å²) in [6, 6.07) is 5.08. The number of methoxy groups -OCH3 is 1. The number of carbonyl (C=O) groups excluding carboxylic acids is 1. The van der Waals surface area contributed by atoms with E-state index < -0.39 is 6.10 Å². The maximum absolute atomic E-state index is 11.2. The minimum Gasteiger partial charge on any atom is -0.369 e. The number of halogens is 2. The molecule has 0 spiro atoms. The van der Waals surface area contributed by atoms with Gasteiger partial charge in [-0.15, -0.1) is 0 Å². The Morgan fingerprint density at radius 3 is 2.21 bits per heavy atom. The Hall–Kier alpha value is -0.570. The molecule has 1 atom stereocenters. The molecule has 0 amide bonds. The number of ether oxygens (including phenoxy) is 1. The van der Waals surface area contributed by atoms with Crippen molar-refractivity contribution in [1.29, 1.82) is 0 Å². The van der Waals surface area contributed by atoms with Crippen molar-refractivity contribution in [3.8, 4) is 0 Å². The number of ketones is 1. The molecule has 0 aromatic heterocycles. The van der Waals surface area contributed by atoms with Crippen molar-refractivity contribution in [2.45, 2.75) is 13.0 Å². The maximum Gasteiger partial charge on any atom is 0.163 e. The lowest BCUT2D eigenvalue weighted by atomic mass is 10.1. The zero-order chi connectivity index (χ0) is 10.7. The fourth-order valence-electron chi connectivity index (χ4n) is 1.25. The fraction of sp³-hybridized carbons (Fsp3) is 0.300. The summed E-state index contributed by atoms with van der Waals surface area (Å²) in [6.45, 7) is 1.44. The monoisotopic (exact) mass is 232 g/mol. The lowest BCUT2D eigenvalue weighted by molar-refractivity contribution is -0.126. The van der Waals surface area contributed by atoms with E-state index in [1.807, 2.05) is 0 Å². The summed E-state index contributed by atoms with van der Waals surface area (Å²) in [6.07, 6.45) is -0.684. The Bertz CT molecular complexity index is 330. The van der Waals surface area contributed by atoms with Gasteiger partial charge in [0.05, 0.1) is 0 Å². The van der Waals surface area contributed by atoms with Gasteiger partial charge in [0.15, 0.2) is 5.78 Å². The molecule has 0 aliphatic rings. The summed E-state index contributed by atoms with van der Waals surface area (Å²) in [5.74, 6) is -0.123. The Kier molecular flexibility index (Phi) is 3.93. The van der Waals surface area contributed by atoms with Crippen LogP contribution < -0.4 is 0 Å². The molecule has 0 N–H and O–H groups in total. The van der Waals surface area contributed by atoms with Gasteiger partial charge in [-0.2, -0.15) is 0 Å². The van der Waals surface area contributed by atoms with Gasteiger partial charge in [-0.25, -0.2) is 0 Å². The van der Waals surface area contributed by atoms with E-state index in [1.165, 1.54) is 14.0 Å². The normalized spacial score (nSPS) is 12.6. The van der Waals surface area contributed by atoms with E-state index in [9.17, 15) is 4.79 Å². The van der Waals surface area contributed by atoms with Crippen molar-refractivity contribution in [3.63, 3.8) is 0 Å². The molecule has 0 fully saturated rings. The minimum atomic E-state index is -0.684. The highest BCUT2D eigenvalue weighted by Crippen LogP contribution is 2.32. The zero-order valence-electron chi connectivity index (χ0n) is 7.88. The topological polar surface area (TPSA) is 26.3 Å². The van der Waals surface area contributed by atoms with E-state index in [0.29, 0.717) is 15.6 Å². The average molecular weight is 233 g/mol. The number of rotatable bonds is 3. The molecule has 0 radical (unpaired) electrons. The van der Waals surface area contributed by atoms with Crippen molar-refractivity contribution >= 4 is 29.0 Å². The van der Waals surface area contributed by atoms with Crippen molar-refractivity contribution in [2.24, 2.45) is 0 Å². The van der Waals surface area contributed by atoms with Gasteiger partial charge in [-0.05, 0) is 19.1 Å². The van der Waals surface area contributed by atoms with E-state index >= 15 is 0 Å². The summed E-state index contributed by atoms with van der Waals surface area (Å²) in [5.41, 5.74) is 0.533. The van der Waals surface area contributed by atoms with Gasteiger partial charge in [0.25, 0.3) is 0 Å². The van der Waals surface area contributed by atoms with Crippen LogP contribution in [0.2, 0.25) is 10.0 Å². The van der Waals surface area contributed by atoms with Crippen molar-refractivity contribution < 1.29 is 9.53 Å². The number of carbonyl (C=O) groups is 1. The molecule has 0 aliphatic heterocycles. The van der Waals surface area contributed by atoms with Gasteiger partial charge in [-0.1, -0.05) is 29.3 Å². The van der Waals surface area contributed by atoms with Gasteiger partial charge in [-0.3, -0.25) is 4.79 Å². The van der Waals surface area contributed by atoms with E-state index in [4.69, 9.17) is 27.9 Å². The van der Waals surface area contributed by atoms with Crippen molar-refractivity contribution in [3.05, 3.63) is 33.8 Å². The summed E-state index contributed by atoms with van der Waals surface area (Å²) in [7, 11) is 1.45. The molecule has 0 aliphatic carbocycles. The van der Waals surface area contributed by atoms with Crippen LogP contribution in [0.5, 0.6) is 0 Å². The summed E-state index contributed by atoms with van der Waals surface area (Å²) in [5, 5.41) is 0.888. The van der Waals surface area contributed by atoms with Crippen LogP contribution in [0.4, 0.5) is 0 Å². The second kappa shape index (κ2) is 4.78. The molecule has 2 nitrogen and oxygen atoms in total. The molecule has 76 valence electrons. The van der Waals surface area contributed by atoms with Gasteiger partial charge < -0.3 is 4.74 Å². The lowest BCUT2D eigenvalue weighted by Crippen LogP contribution is -2.11. The first-order valence-electron chi connectivity index (χ1n) is 4.05. The molecular weight excluding hydrogens is 223 g/mol. The second-order valence-electron chi connectivity index (χ2n) is 2.86. The second-order valence-corrected chi connectivity index (χ2v) is 3.68.